The van der Waals surface area contributed by atoms with Gasteiger partial charge >= 0.3 is 0 Å². The fraction of sp³-hybridized carbons (Fsp3) is 0.476. The van der Waals surface area contributed by atoms with E-state index < -0.39 is 10.0 Å². The molecule has 4 heterocycles. The SMILES string of the molecule is Cc1cccnc1NC(=O)C1CCN(S(=O)(=O)c2cc(C(=O)N3CCOCC3)cs2)CC1. The lowest BCUT2D eigenvalue weighted by atomic mass is 9.97. The van der Waals surface area contributed by atoms with Crippen molar-refractivity contribution in [1.82, 2.24) is 14.2 Å². The molecule has 11 heteroatoms. The van der Waals surface area contributed by atoms with Crippen molar-refractivity contribution >= 4 is 39.0 Å². The maximum atomic E-state index is 13.1. The molecule has 2 saturated heterocycles. The van der Waals surface area contributed by atoms with Crippen LogP contribution in [-0.4, -0.2) is 73.8 Å². The fourth-order valence-corrected chi connectivity index (χ4v) is 6.61. The lowest BCUT2D eigenvalue weighted by Crippen LogP contribution is -2.41. The molecule has 0 radical (unpaired) electrons. The Bertz CT molecular complexity index is 1090. The number of carbonyl (C=O) groups excluding carboxylic acids is 2. The normalized spacial score (nSPS) is 18.5. The molecule has 2 aromatic rings. The molecular formula is C21H26N4O5S2. The lowest BCUT2D eigenvalue weighted by Gasteiger charge is -2.30. The Morgan fingerprint density at radius 1 is 1.19 bits per heavy atom. The van der Waals surface area contributed by atoms with Crippen LogP contribution >= 0.6 is 11.3 Å². The van der Waals surface area contributed by atoms with E-state index in [4.69, 9.17) is 4.74 Å². The van der Waals surface area contributed by atoms with Gasteiger partial charge in [-0.2, -0.15) is 4.31 Å². The fourth-order valence-electron chi connectivity index (χ4n) is 3.83. The van der Waals surface area contributed by atoms with Gasteiger partial charge in [0.05, 0.1) is 18.8 Å². The highest BCUT2D eigenvalue weighted by molar-refractivity contribution is 7.91. The first-order valence-electron chi connectivity index (χ1n) is 10.5. The van der Waals surface area contributed by atoms with E-state index in [9.17, 15) is 18.0 Å². The number of sulfonamides is 1. The van der Waals surface area contributed by atoms with Crippen LogP contribution in [0.2, 0.25) is 0 Å². The summed E-state index contributed by atoms with van der Waals surface area (Å²) in [5, 5.41) is 4.44. The van der Waals surface area contributed by atoms with Gasteiger partial charge in [-0.15, -0.1) is 11.3 Å². The van der Waals surface area contributed by atoms with E-state index in [0.717, 1.165) is 16.9 Å². The zero-order chi connectivity index (χ0) is 22.7. The quantitative estimate of drug-likeness (QED) is 0.704. The van der Waals surface area contributed by atoms with Crippen LogP contribution < -0.4 is 5.32 Å². The van der Waals surface area contributed by atoms with E-state index in [-0.39, 0.29) is 35.0 Å². The number of hydrogen-bond acceptors (Lipinski definition) is 7. The monoisotopic (exact) mass is 478 g/mol. The number of nitrogens with one attached hydrogen (secondary N) is 1. The molecule has 2 aromatic heterocycles. The maximum absolute atomic E-state index is 13.1. The molecule has 2 aliphatic heterocycles. The van der Waals surface area contributed by atoms with Gasteiger partial charge in [0.25, 0.3) is 15.9 Å². The summed E-state index contributed by atoms with van der Waals surface area (Å²) in [7, 11) is -3.71. The van der Waals surface area contributed by atoms with Crippen LogP contribution in [-0.2, 0) is 19.6 Å². The third-order valence-corrected chi connectivity index (χ3v) is 9.10. The van der Waals surface area contributed by atoms with Crippen molar-refractivity contribution in [1.29, 1.82) is 0 Å². The molecular weight excluding hydrogens is 452 g/mol. The van der Waals surface area contributed by atoms with Crippen molar-refractivity contribution in [3.63, 3.8) is 0 Å². The summed E-state index contributed by atoms with van der Waals surface area (Å²) in [6.45, 7) is 4.37. The number of rotatable bonds is 5. The van der Waals surface area contributed by atoms with Gasteiger partial charge in [0.1, 0.15) is 10.0 Å². The molecule has 0 aliphatic carbocycles. The molecule has 0 spiro atoms. The van der Waals surface area contributed by atoms with Crippen LogP contribution in [0, 0.1) is 12.8 Å². The molecule has 32 heavy (non-hydrogen) atoms. The highest BCUT2D eigenvalue weighted by atomic mass is 32.2. The van der Waals surface area contributed by atoms with Crippen LogP contribution in [0.4, 0.5) is 5.82 Å². The number of hydrogen-bond donors (Lipinski definition) is 1. The summed E-state index contributed by atoms with van der Waals surface area (Å²) in [5.41, 5.74) is 1.26. The second-order valence-corrected chi connectivity index (χ2v) is 11.0. The lowest BCUT2D eigenvalue weighted by molar-refractivity contribution is -0.120. The molecule has 2 amide bonds. The van der Waals surface area contributed by atoms with Gasteiger partial charge < -0.3 is 15.0 Å². The van der Waals surface area contributed by atoms with Crippen LogP contribution in [0.3, 0.4) is 0 Å². The Balaban J connectivity index is 1.37. The Kier molecular flexibility index (Phi) is 6.89. The summed E-state index contributed by atoms with van der Waals surface area (Å²) in [5.74, 6) is -0.0576. The van der Waals surface area contributed by atoms with E-state index in [1.807, 2.05) is 13.0 Å². The Morgan fingerprint density at radius 2 is 1.91 bits per heavy atom. The van der Waals surface area contributed by atoms with Crippen LogP contribution in [0.1, 0.15) is 28.8 Å². The number of amides is 2. The number of aryl methyl sites for hydroxylation is 1. The van der Waals surface area contributed by atoms with Crippen molar-refractivity contribution in [2.45, 2.75) is 24.0 Å². The number of thiophene rings is 1. The average Bonchev–Trinajstić information content (AvgIpc) is 3.32. The molecule has 9 nitrogen and oxygen atoms in total. The summed E-state index contributed by atoms with van der Waals surface area (Å²) < 4.78 is 33.0. The van der Waals surface area contributed by atoms with Gasteiger partial charge in [-0.05, 0) is 37.5 Å². The van der Waals surface area contributed by atoms with E-state index in [1.54, 1.807) is 22.5 Å². The molecule has 2 aliphatic rings. The van der Waals surface area contributed by atoms with Crippen molar-refractivity contribution in [2.24, 2.45) is 5.92 Å². The van der Waals surface area contributed by atoms with Crippen LogP contribution in [0.15, 0.2) is 34.0 Å². The molecule has 0 saturated carbocycles. The Hall–Kier alpha value is -2.34. The first-order valence-corrected chi connectivity index (χ1v) is 12.9. The predicted molar refractivity (Wildman–Crippen MR) is 120 cm³/mol. The number of morpholine rings is 1. The van der Waals surface area contributed by atoms with Crippen molar-refractivity contribution in [3.8, 4) is 0 Å². The highest BCUT2D eigenvalue weighted by Crippen LogP contribution is 2.29. The molecule has 0 atom stereocenters. The zero-order valence-corrected chi connectivity index (χ0v) is 19.5. The van der Waals surface area contributed by atoms with Crippen molar-refractivity contribution in [3.05, 3.63) is 40.9 Å². The van der Waals surface area contributed by atoms with Crippen LogP contribution in [0.5, 0.6) is 0 Å². The summed E-state index contributed by atoms with van der Waals surface area (Å²) in [4.78, 5) is 31.1. The molecule has 172 valence electrons. The van der Waals surface area contributed by atoms with Crippen molar-refractivity contribution < 1.29 is 22.7 Å². The molecule has 1 N–H and O–H groups in total. The average molecular weight is 479 g/mol. The minimum Gasteiger partial charge on any atom is -0.378 e. The standard InChI is InChI=1S/C21H26N4O5S2/c1-15-3-2-6-22-19(15)23-20(26)16-4-7-25(8-5-16)32(28,29)18-13-17(14-31-18)21(27)24-9-11-30-12-10-24/h2-3,6,13-14,16H,4-5,7-12H2,1H3,(H,22,23,26). The van der Waals surface area contributed by atoms with E-state index in [0.29, 0.717) is 50.5 Å². The largest absolute Gasteiger partial charge is 0.378 e. The molecule has 0 unspecified atom stereocenters. The molecule has 4 rings (SSSR count). The minimum atomic E-state index is -3.71. The summed E-state index contributed by atoms with van der Waals surface area (Å²) >= 11 is 1.06. The van der Waals surface area contributed by atoms with E-state index >= 15 is 0 Å². The minimum absolute atomic E-state index is 0.140. The number of nitrogens with zero attached hydrogens (tertiary/aromatic N) is 3. The third-order valence-electron chi connectivity index (χ3n) is 5.79. The maximum Gasteiger partial charge on any atom is 0.254 e. The summed E-state index contributed by atoms with van der Waals surface area (Å²) in [6.07, 6.45) is 2.49. The van der Waals surface area contributed by atoms with Crippen LogP contribution in [0.25, 0.3) is 0 Å². The van der Waals surface area contributed by atoms with E-state index in [1.165, 1.54) is 10.4 Å². The van der Waals surface area contributed by atoms with Gasteiger partial charge in [-0.25, -0.2) is 13.4 Å². The number of anilines is 1. The number of ether oxygens (including phenoxy) is 1. The van der Waals surface area contributed by atoms with Gasteiger partial charge in [0.15, 0.2) is 0 Å². The Labute approximate surface area is 191 Å². The Morgan fingerprint density at radius 3 is 2.59 bits per heavy atom. The van der Waals surface area contributed by atoms with Gasteiger partial charge in [0.2, 0.25) is 5.91 Å². The smallest absolute Gasteiger partial charge is 0.254 e. The first kappa shape index (κ1) is 22.8. The molecule has 0 aromatic carbocycles. The van der Waals surface area contributed by atoms with E-state index in [2.05, 4.69) is 10.3 Å². The highest BCUT2D eigenvalue weighted by Gasteiger charge is 2.34. The molecule has 0 bridgehead atoms. The number of aromatic nitrogens is 1. The number of carbonyl (C=O) groups is 2. The predicted octanol–water partition coefficient (Wildman–Crippen LogP) is 1.96. The first-order chi connectivity index (χ1) is 15.4. The third kappa shape index (κ3) is 4.85. The van der Waals surface area contributed by atoms with Gasteiger partial charge in [-0.1, -0.05) is 6.07 Å². The number of piperidine rings is 1. The topological polar surface area (TPSA) is 109 Å². The molecule has 2 fully saturated rings. The second kappa shape index (κ2) is 9.65. The van der Waals surface area contributed by atoms with Gasteiger partial charge in [-0.3, -0.25) is 9.59 Å². The second-order valence-electron chi connectivity index (χ2n) is 7.90. The zero-order valence-electron chi connectivity index (χ0n) is 17.8. The summed E-state index contributed by atoms with van der Waals surface area (Å²) in [6, 6.07) is 5.14. The van der Waals surface area contributed by atoms with Gasteiger partial charge in [0, 0.05) is 43.7 Å². The van der Waals surface area contributed by atoms with Crippen molar-refractivity contribution in [2.75, 3.05) is 44.7 Å². The number of pyridine rings is 1.